The quantitative estimate of drug-likeness (QED) is 0.880. The maximum atomic E-state index is 9.74. The summed E-state index contributed by atoms with van der Waals surface area (Å²) in [5.74, 6) is 0.656. The highest BCUT2D eigenvalue weighted by molar-refractivity contribution is 6.42. The summed E-state index contributed by atoms with van der Waals surface area (Å²) in [6, 6.07) is 5.66. The molecule has 1 aliphatic carbocycles. The number of halogens is 2. The molecule has 4 heteroatoms. The van der Waals surface area contributed by atoms with Crippen molar-refractivity contribution in [2.45, 2.75) is 44.7 Å². The third kappa shape index (κ3) is 3.63. The molecule has 0 aliphatic heterocycles. The van der Waals surface area contributed by atoms with Gasteiger partial charge in [0.2, 0.25) is 0 Å². The van der Waals surface area contributed by atoms with Crippen molar-refractivity contribution in [1.29, 1.82) is 0 Å². The van der Waals surface area contributed by atoms with Gasteiger partial charge in [0, 0.05) is 12.1 Å². The van der Waals surface area contributed by atoms with Gasteiger partial charge in [-0.25, -0.2) is 0 Å². The fourth-order valence-electron chi connectivity index (χ4n) is 2.99. The standard InChI is InChI=1S/C15H21Cl2NO/c1-11-4-3-7-15(8-11,10-19)18-9-12-5-2-6-13(16)14(12)17/h2,5-6,11,18-19H,3-4,7-10H2,1H3. The van der Waals surface area contributed by atoms with E-state index in [0.717, 1.165) is 24.8 Å². The van der Waals surface area contributed by atoms with E-state index in [4.69, 9.17) is 23.2 Å². The van der Waals surface area contributed by atoms with E-state index in [0.29, 0.717) is 22.5 Å². The summed E-state index contributed by atoms with van der Waals surface area (Å²) in [6.07, 6.45) is 4.45. The maximum absolute atomic E-state index is 9.74. The lowest BCUT2D eigenvalue weighted by Crippen LogP contribution is -2.51. The van der Waals surface area contributed by atoms with Gasteiger partial charge in [0.25, 0.3) is 0 Å². The van der Waals surface area contributed by atoms with Gasteiger partial charge in [-0.1, -0.05) is 55.1 Å². The molecule has 2 N–H and O–H groups in total. The number of hydrogen-bond donors (Lipinski definition) is 2. The molecule has 1 aromatic carbocycles. The highest BCUT2D eigenvalue weighted by Gasteiger charge is 2.33. The Morgan fingerprint density at radius 3 is 2.89 bits per heavy atom. The summed E-state index contributed by atoms with van der Waals surface area (Å²) in [6.45, 7) is 3.07. The van der Waals surface area contributed by atoms with Gasteiger partial charge < -0.3 is 10.4 Å². The van der Waals surface area contributed by atoms with E-state index in [9.17, 15) is 5.11 Å². The Morgan fingerprint density at radius 1 is 1.42 bits per heavy atom. The van der Waals surface area contributed by atoms with Gasteiger partial charge in [-0.05, 0) is 30.4 Å². The second-order valence-corrected chi connectivity index (χ2v) is 6.49. The van der Waals surface area contributed by atoms with Crippen molar-refractivity contribution in [2.24, 2.45) is 5.92 Å². The Balaban J connectivity index is 2.05. The molecule has 2 nitrogen and oxygen atoms in total. The van der Waals surface area contributed by atoms with Gasteiger partial charge in [-0.15, -0.1) is 0 Å². The smallest absolute Gasteiger partial charge is 0.0637 e. The largest absolute Gasteiger partial charge is 0.394 e. The lowest BCUT2D eigenvalue weighted by atomic mass is 9.77. The van der Waals surface area contributed by atoms with E-state index in [1.165, 1.54) is 6.42 Å². The van der Waals surface area contributed by atoms with Gasteiger partial charge in [0.15, 0.2) is 0 Å². The second-order valence-electron chi connectivity index (χ2n) is 5.71. The highest BCUT2D eigenvalue weighted by atomic mass is 35.5. The lowest BCUT2D eigenvalue weighted by Gasteiger charge is -2.39. The summed E-state index contributed by atoms with van der Waals surface area (Å²) in [4.78, 5) is 0. The second kappa shape index (κ2) is 6.45. The molecule has 0 aromatic heterocycles. The van der Waals surface area contributed by atoms with Crippen LogP contribution in [0.2, 0.25) is 10.0 Å². The molecule has 0 radical (unpaired) electrons. The lowest BCUT2D eigenvalue weighted by molar-refractivity contribution is 0.0982. The predicted molar refractivity (Wildman–Crippen MR) is 80.8 cm³/mol. The third-order valence-electron chi connectivity index (χ3n) is 4.08. The zero-order valence-corrected chi connectivity index (χ0v) is 12.8. The Labute approximate surface area is 125 Å². The van der Waals surface area contributed by atoms with Crippen molar-refractivity contribution in [3.63, 3.8) is 0 Å². The van der Waals surface area contributed by atoms with Crippen LogP contribution < -0.4 is 5.32 Å². The first-order valence-corrected chi connectivity index (χ1v) is 7.61. The van der Waals surface area contributed by atoms with Crippen LogP contribution in [0.15, 0.2) is 18.2 Å². The average Bonchev–Trinajstić information content (AvgIpc) is 2.40. The Bertz CT molecular complexity index is 438. The molecule has 0 spiro atoms. The van der Waals surface area contributed by atoms with Gasteiger partial charge in [-0.3, -0.25) is 0 Å². The van der Waals surface area contributed by atoms with Crippen molar-refractivity contribution < 1.29 is 5.11 Å². The number of nitrogens with one attached hydrogen (secondary N) is 1. The molecule has 0 amide bonds. The minimum absolute atomic E-state index is 0.163. The van der Waals surface area contributed by atoms with Crippen LogP contribution in [0.1, 0.15) is 38.2 Å². The van der Waals surface area contributed by atoms with E-state index < -0.39 is 0 Å². The van der Waals surface area contributed by atoms with Crippen LogP contribution in [0, 0.1) is 5.92 Å². The summed E-state index contributed by atoms with van der Waals surface area (Å²) in [5, 5.41) is 14.4. The summed E-state index contributed by atoms with van der Waals surface area (Å²) < 4.78 is 0. The van der Waals surface area contributed by atoms with Crippen molar-refractivity contribution in [1.82, 2.24) is 5.32 Å². The van der Waals surface area contributed by atoms with Crippen LogP contribution >= 0.6 is 23.2 Å². The van der Waals surface area contributed by atoms with E-state index in [-0.39, 0.29) is 12.1 Å². The van der Waals surface area contributed by atoms with E-state index in [2.05, 4.69) is 12.2 Å². The predicted octanol–water partition coefficient (Wildman–Crippen LogP) is 4.02. The van der Waals surface area contributed by atoms with Crippen LogP contribution in [-0.2, 0) is 6.54 Å². The van der Waals surface area contributed by atoms with Gasteiger partial charge in [0.05, 0.1) is 16.7 Å². The molecular weight excluding hydrogens is 281 g/mol. The van der Waals surface area contributed by atoms with Crippen molar-refractivity contribution in [3.8, 4) is 0 Å². The van der Waals surface area contributed by atoms with Crippen molar-refractivity contribution >= 4 is 23.2 Å². The van der Waals surface area contributed by atoms with Crippen LogP contribution in [0.3, 0.4) is 0 Å². The number of hydrogen-bond acceptors (Lipinski definition) is 2. The normalized spacial score (nSPS) is 27.5. The number of aliphatic hydroxyl groups excluding tert-OH is 1. The molecule has 1 aromatic rings. The van der Waals surface area contributed by atoms with Gasteiger partial charge in [0.1, 0.15) is 0 Å². The zero-order valence-electron chi connectivity index (χ0n) is 11.3. The molecule has 0 saturated heterocycles. The molecule has 2 rings (SSSR count). The molecule has 1 aliphatic rings. The first-order valence-electron chi connectivity index (χ1n) is 6.85. The Morgan fingerprint density at radius 2 is 2.21 bits per heavy atom. The van der Waals surface area contributed by atoms with Crippen LogP contribution in [0.4, 0.5) is 0 Å². The SMILES string of the molecule is CC1CCCC(CO)(NCc2cccc(Cl)c2Cl)C1. The molecule has 1 fully saturated rings. The molecule has 0 bridgehead atoms. The number of rotatable bonds is 4. The van der Waals surface area contributed by atoms with E-state index in [1.807, 2.05) is 12.1 Å². The molecule has 2 atom stereocenters. The average molecular weight is 302 g/mol. The maximum Gasteiger partial charge on any atom is 0.0637 e. The fourth-order valence-corrected chi connectivity index (χ4v) is 3.37. The topological polar surface area (TPSA) is 32.3 Å². The Kier molecular flexibility index (Phi) is 5.13. The van der Waals surface area contributed by atoms with Crippen LogP contribution in [-0.4, -0.2) is 17.3 Å². The Hall–Kier alpha value is -0.280. The summed E-state index contributed by atoms with van der Waals surface area (Å²) in [7, 11) is 0. The number of benzene rings is 1. The summed E-state index contributed by atoms with van der Waals surface area (Å²) in [5.41, 5.74) is 0.823. The van der Waals surface area contributed by atoms with Gasteiger partial charge >= 0.3 is 0 Å². The van der Waals surface area contributed by atoms with E-state index >= 15 is 0 Å². The van der Waals surface area contributed by atoms with Crippen LogP contribution in [0.5, 0.6) is 0 Å². The minimum atomic E-state index is -0.163. The first-order chi connectivity index (χ1) is 9.06. The summed E-state index contributed by atoms with van der Waals surface area (Å²) >= 11 is 12.2. The highest BCUT2D eigenvalue weighted by Crippen LogP contribution is 2.33. The fraction of sp³-hybridized carbons (Fsp3) is 0.600. The zero-order chi connectivity index (χ0) is 13.9. The van der Waals surface area contributed by atoms with Crippen molar-refractivity contribution in [2.75, 3.05) is 6.61 Å². The molecule has 0 heterocycles. The van der Waals surface area contributed by atoms with Gasteiger partial charge in [-0.2, -0.15) is 0 Å². The first kappa shape index (κ1) is 15.1. The molecule has 19 heavy (non-hydrogen) atoms. The molecule has 1 saturated carbocycles. The third-order valence-corrected chi connectivity index (χ3v) is 4.94. The number of aliphatic hydroxyl groups is 1. The minimum Gasteiger partial charge on any atom is -0.394 e. The molecule has 2 unspecified atom stereocenters. The van der Waals surface area contributed by atoms with E-state index in [1.54, 1.807) is 6.07 Å². The van der Waals surface area contributed by atoms with Crippen molar-refractivity contribution in [3.05, 3.63) is 33.8 Å². The monoisotopic (exact) mass is 301 g/mol. The van der Waals surface area contributed by atoms with Crippen LogP contribution in [0.25, 0.3) is 0 Å². The molecule has 106 valence electrons. The molecular formula is C15H21Cl2NO.